The Labute approximate surface area is 207 Å². The van der Waals surface area contributed by atoms with Gasteiger partial charge in [-0.1, -0.05) is 23.9 Å². The maximum Gasteiger partial charge on any atom is 0.263 e. The van der Waals surface area contributed by atoms with Crippen LogP contribution in [0.4, 0.5) is 0 Å². The van der Waals surface area contributed by atoms with Gasteiger partial charge in [0.2, 0.25) is 5.91 Å². The van der Waals surface area contributed by atoms with Crippen LogP contribution in [0, 0.1) is 0 Å². The Bertz CT molecular complexity index is 1270. The second-order valence-corrected chi connectivity index (χ2v) is 10.1. The Kier molecular flexibility index (Phi) is 7.95. The fraction of sp³-hybridized carbons (Fsp3) is 0.400. The van der Waals surface area contributed by atoms with Crippen LogP contribution < -0.4 is 20.3 Å². The first-order valence-electron chi connectivity index (χ1n) is 11.3. The van der Waals surface area contributed by atoms with E-state index in [1.165, 1.54) is 22.2 Å². The highest BCUT2D eigenvalue weighted by atomic mass is 32.2. The van der Waals surface area contributed by atoms with E-state index >= 15 is 0 Å². The molecule has 4 rings (SSSR count). The Morgan fingerprint density at radius 3 is 2.82 bits per heavy atom. The van der Waals surface area contributed by atoms with Gasteiger partial charge in [0.1, 0.15) is 4.83 Å². The molecule has 0 atom stereocenters. The number of rotatable bonds is 10. The van der Waals surface area contributed by atoms with Gasteiger partial charge < -0.3 is 14.8 Å². The number of aromatic nitrogens is 2. The van der Waals surface area contributed by atoms with Crippen LogP contribution in [0.25, 0.3) is 10.2 Å². The largest absolute Gasteiger partial charge is 0.493 e. The summed E-state index contributed by atoms with van der Waals surface area (Å²) in [6.45, 7) is 4.66. The third-order valence-electron chi connectivity index (χ3n) is 5.87. The molecule has 1 aromatic carbocycles. The van der Waals surface area contributed by atoms with E-state index in [2.05, 4.69) is 11.9 Å². The van der Waals surface area contributed by atoms with Crippen molar-refractivity contribution in [2.24, 2.45) is 0 Å². The van der Waals surface area contributed by atoms with Gasteiger partial charge in [-0.05, 0) is 55.4 Å². The van der Waals surface area contributed by atoms with Crippen molar-refractivity contribution in [3.8, 4) is 11.5 Å². The van der Waals surface area contributed by atoms with Gasteiger partial charge >= 0.3 is 0 Å². The molecule has 0 saturated heterocycles. The molecule has 0 bridgehead atoms. The lowest BCUT2D eigenvalue weighted by atomic mass is 9.97. The lowest BCUT2D eigenvalue weighted by Crippen LogP contribution is -2.28. The number of methoxy groups -OCH3 is 2. The molecule has 1 amide bonds. The summed E-state index contributed by atoms with van der Waals surface area (Å²) in [7, 11) is 3.20. The van der Waals surface area contributed by atoms with Gasteiger partial charge in [-0.2, -0.15) is 0 Å². The van der Waals surface area contributed by atoms with Gasteiger partial charge in [-0.3, -0.25) is 14.2 Å². The zero-order chi connectivity index (χ0) is 24.1. The van der Waals surface area contributed by atoms with Gasteiger partial charge in [-0.15, -0.1) is 17.9 Å². The average molecular weight is 500 g/mol. The summed E-state index contributed by atoms with van der Waals surface area (Å²) >= 11 is 2.91. The van der Waals surface area contributed by atoms with Crippen LogP contribution in [-0.4, -0.2) is 42.0 Å². The molecule has 2 aromatic heterocycles. The van der Waals surface area contributed by atoms with Crippen LogP contribution in [0.2, 0.25) is 0 Å². The predicted octanol–water partition coefficient (Wildman–Crippen LogP) is 3.99. The zero-order valence-electron chi connectivity index (χ0n) is 19.5. The first-order valence-corrected chi connectivity index (χ1v) is 13.1. The number of allylic oxidation sites excluding steroid dienone is 1. The maximum atomic E-state index is 13.3. The van der Waals surface area contributed by atoms with Crippen LogP contribution in [-0.2, 0) is 30.6 Å². The lowest BCUT2D eigenvalue weighted by Gasteiger charge is -2.12. The molecule has 1 N–H and O–H groups in total. The lowest BCUT2D eigenvalue weighted by molar-refractivity contribution is -0.118. The molecule has 7 nitrogen and oxygen atoms in total. The Morgan fingerprint density at radius 1 is 1.26 bits per heavy atom. The molecular formula is C25H29N3O4S2. The number of thioether (sulfide) groups is 1. The highest BCUT2D eigenvalue weighted by Gasteiger charge is 2.22. The molecule has 3 aromatic rings. The molecular weight excluding hydrogens is 470 g/mol. The number of nitrogens with one attached hydrogen (secondary N) is 1. The number of benzene rings is 1. The minimum Gasteiger partial charge on any atom is -0.493 e. The number of ether oxygens (including phenoxy) is 2. The normalized spacial score (nSPS) is 12.9. The van der Waals surface area contributed by atoms with Crippen LogP contribution in [0.15, 0.2) is 40.8 Å². The van der Waals surface area contributed by atoms with Crippen LogP contribution in [0.5, 0.6) is 11.5 Å². The topological polar surface area (TPSA) is 82.5 Å². The molecule has 0 aliphatic heterocycles. The van der Waals surface area contributed by atoms with Gasteiger partial charge in [0.05, 0.1) is 25.4 Å². The molecule has 180 valence electrons. The van der Waals surface area contributed by atoms with Crippen molar-refractivity contribution in [1.29, 1.82) is 0 Å². The summed E-state index contributed by atoms with van der Waals surface area (Å²) in [5.74, 6) is 1.43. The van der Waals surface area contributed by atoms with E-state index in [1.807, 2.05) is 18.2 Å². The van der Waals surface area contributed by atoms with Gasteiger partial charge in [0.25, 0.3) is 5.56 Å². The SMILES string of the molecule is C=CCn1c(SCC(=O)NCCc2ccc(OC)c(OC)c2)nc2sc3c(c2c1=O)CCCC3. The number of thiophene rings is 1. The summed E-state index contributed by atoms with van der Waals surface area (Å²) in [4.78, 5) is 32.6. The Hall–Kier alpha value is -2.78. The highest BCUT2D eigenvalue weighted by Crippen LogP contribution is 2.34. The monoisotopic (exact) mass is 499 g/mol. The number of fused-ring (bicyclic) bond motifs is 3. The number of hydrogen-bond donors (Lipinski definition) is 1. The average Bonchev–Trinajstić information content (AvgIpc) is 3.23. The summed E-state index contributed by atoms with van der Waals surface area (Å²) in [6, 6.07) is 5.72. The standard InChI is InChI=1S/C25H29N3O4S2/c1-4-13-28-24(30)22-17-7-5-6-8-20(17)34-23(22)27-25(28)33-15-21(29)26-12-11-16-9-10-18(31-2)19(14-16)32-3/h4,9-10,14H,1,5-8,11-13,15H2,2-3H3,(H,26,29). The van der Waals surface area contributed by atoms with Crippen LogP contribution in [0.1, 0.15) is 28.8 Å². The van der Waals surface area contributed by atoms with E-state index in [0.717, 1.165) is 41.5 Å². The molecule has 0 spiro atoms. The van der Waals surface area contributed by atoms with E-state index in [-0.39, 0.29) is 17.2 Å². The summed E-state index contributed by atoms with van der Waals surface area (Å²) in [5, 5.41) is 4.26. The number of amides is 1. The Balaban J connectivity index is 1.41. The van der Waals surface area contributed by atoms with Crippen molar-refractivity contribution in [3.63, 3.8) is 0 Å². The number of nitrogens with zero attached hydrogens (tertiary/aromatic N) is 2. The fourth-order valence-corrected chi connectivity index (χ4v) is 6.32. The first-order chi connectivity index (χ1) is 16.5. The molecule has 1 aliphatic carbocycles. The molecule has 1 aliphatic rings. The summed E-state index contributed by atoms with van der Waals surface area (Å²) in [6.07, 6.45) is 6.59. The quantitative estimate of drug-likeness (QED) is 0.258. The van der Waals surface area contributed by atoms with E-state index < -0.39 is 0 Å². The number of carbonyl (C=O) groups excluding carboxylic acids is 1. The van der Waals surface area contributed by atoms with Crippen molar-refractivity contribution >= 4 is 39.2 Å². The molecule has 0 unspecified atom stereocenters. The summed E-state index contributed by atoms with van der Waals surface area (Å²) < 4.78 is 12.2. The van der Waals surface area contributed by atoms with Crippen molar-refractivity contribution < 1.29 is 14.3 Å². The van der Waals surface area contributed by atoms with Gasteiger partial charge in [0, 0.05) is 18.0 Å². The van der Waals surface area contributed by atoms with Crippen molar-refractivity contribution in [2.45, 2.75) is 43.8 Å². The molecule has 34 heavy (non-hydrogen) atoms. The van der Waals surface area contributed by atoms with Gasteiger partial charge in [0.15, 0.2) is 16.7 Å². The van der Waals surface area contributed by atoms with E-state index in [9.17, 15) is 9.59 Å². The van der Waals surface area contributed by atoms with E-state index in [1.54, 1.807) is 36.2 Å². The molecule has 0 saturated carbocycles. The number of carbonyl (C=O) groups is 1. The molecule has 0 fully saturated rings. The van der Waals surface area contributed by atoms with Gasteiger partial charge in [-0.25, -0.2) is 4.98 Å². The summed E-state index contributed by atoms with van der Waals surface area (Å²) in [5.41, 5.74) is 2.19. The zero-order valence-corrected chi connectivity index (χ0v) is 21.2. The van der Waals surface area contributed by atoms with Crippen LogP contribution >= 0.6 is 23.1 Å². The molecule has 9 heteroatoms. The predicted molar refractivity (Wildman–Crippen MR) is 138 cm³/mol. The fourth-order valence-electron chi connectivity index (χ4n) is 4.18. The van der Waals surface area contributed by atoms with Crippen molar-refractivity contribution in [2.75, 3.05) is 26.5 Å². The third kappa shape index (κ3) is 5.15. The van der Waals surface area contributed by atoms with E-state index in [0.29, 0.717) is 36.2 Å². The first kappa shape index (κ1) is 24.3. The number of aryl methyl sites for hydroxylation is 2. The third-order valence-corrected chi connectivity index (χ3v) is 8.03. The Morgan fingerprint density at radius 2 is 2.06 bits per heavy atom. The number of hydrogen-bond acceptors (Lipinski definition) is 7. The second-order valence-electron chi connectivity index (χ2n) is 8.07. The van der Waals surface area contributed by atoms with Crippen molar-refractivity contribution in [1.82, 2.24) is 14.9 Å². The van der Waals surface area contributed by atoms with Crippen LogP contribution in [0.3, 0.4) is 0 Å². The smallest absolute Gasteiger partial charge is 0.263 e. The highest BCUT2D eigenvalue weighted by molar-refractivity contribution is 7.99. The molecule has 2 heterocycles. The minimum absolute atomic E-state index is 0.0272. The minimum atomic E-state index is -0.101. The molecule has 0 radical (unpaired) electrons. The van der Waals surface area contributed by atoms with E-state index in [4.69, 9.17) is 14.5 Å². The second kappa shape index (κ2) is 11.1. The maximum absolute atomic E-state index is 13.3. The van der Waals surface area contributed by atoms with Crippen molar-refractivity contribution in [3.05, 3.63) is 57.2 Å².